The Kier molecular flexibility index (Phi) is 4.58. The Bertz CT molecular complexity index is 544. The van der Waals surface area contributed by atoms with E-state index >= 15 is 0 Å². The predicted molar refractivity (Wildman–Crippen MR) is 76.1 cm³/mol. The van der Waals surface area contributed by atoms with Crippen LogP contribution in [-0.4, -0.2) is 5.97 Å². The van der Waals surface area contributed by atoms with Crippen LogP contribution in [0.15, 0.2) is 48.5 Å². The number of aryl methyl sites for hydroxylation is 1. The molecule has 0 aliphatic rings. The fourth-order valence-corrected chi connectivity index (χ4v) is 1.79. The number of hydrogen-bond acceptors (Lipinski definition) is 2. The van der Waals surface area contributed by atoms with Crippen molar-refractivity contribution in [3.8, 4) is 0 Å². The summed E-state index contributed by atoms with van der Waals surface area (Å²) in [7, 11) is 0. The summed E-state index contributed by atoms with van der Waals surface area (Å²) in [6, 6.07) is 15.1. The second-order valence-electron chi connectivity index (χ2n) is 4.45. The van der Waals surface area contributed by atoms with Crippen molar-refractivity contribution in [2.75, 3.05) is 0 Å². The molecule has 0 N–H and O–H groups in total. The van der Waals surface area contributed by atoms with E-state index in [1.54, 1.807) is 12.1 Å². The van der Waals surface area contributed by atoms with Crippen molar-refractivity contribution < 1.29 is 9.53 Å². The van der Waals surface area contributed by atoms with E-state index in [1.165, 1.54) is 5.56 Å². The van der Waals surface area contributed by atoms with Crippen molar-refractivity contribution in [3.63, 3.8) is 0 Å². The topological polar surface area (TPSA) is 26.3 Å². The third kappa shape index (κ3) is 4.42. The standard InChI is InChI=1S/C16H15ClO2/c1-12-2-4-14(5-3-12)11-19-16(18)10-13-6-8-15(17)9-7-13/h2-9H,10-11H2,1H3. The maximum atomic E-state index is 11.7. The number of hydrogen-bond donors (Lipinski definition) is 0. The molecule has 2 aromatic carbocycles. The average molecular weight is 275 g/mol. The molecular weight excluding hydrogens is 260 g/mol. The van der Waals surface area contributed by atoms with Gasteiger partial charge in [-0.05, 0) is 30.2 Å². The molecule has 0 bridgehead atoms. The van der Waals surface area contributed by atoms with Crippen LogP contribution in [-0.2, 0) is 22.6 Å². The largest absolute Gasteiger partial charge is 0.461 e. The number of ether oxygens (including phenoxy) is 1. The molecule has 0 amide bonds. The first-order valence-corrected chi connectivity index (χ1v) is 6.47. The highest BCUT2D eigenvalue weighted by Crippen LogP contribution is 2.11. The van der Waals surface area contributed by atoms with Gasteiger partial charge in [-0.15, -0.1) is 0 Å². The fourth-order valence-electron chi connectivity index (χ4n) is 1.67. The molecule has 0 saturated heterocycles. The molecule has 2 rings (SSSR count). The van der Waals surface area contributed by atoms with Crippen LogP contribution < -0.4 is 0 Å². The zero-order valence-electron chi connectivity index (χ0n) is 10.7. The summed E-state index contributed by atoms with van der Waals surface area (Å²) in [5.74, 6) is -0.233. The first-order chi connectivity index (χ1) is 9.13. The van der Waals surface area contributed by atoms with E-state index in [4.69, 9.17) is 16.3 Å². The molecule has 2 aromatic rings. The van der Waals surface area contributed by atoms with Gasteiger partial charge in [-0.2, -0.15) is 0 Å². The van der Waals surface area contributed by atoms with Crippen LogP contribution >= 0.6 is 11.6 Å². The molecule has 0 saturated carbocycles. The molecule has 98 valence electrons. The summed E-state index contributed by atoms with van der Waals surface area (Å²) in [5, 5.41) is 0.664. The Balaban J connectivity index is 1.84. The fraction of sp³-hybridized carbons (Fsp3) is 0.188. The molecular formula is C16H15ClO2. The van der Waals surface area contributed by atoms with Gasteiger partial charge < -0.3 is 4.74 Å². The van der Waals surface area contributed by atoms with E-state index in [0.717, 1.165) is 11.1 Å². The minimum absolute atomic E-state index is 0.233. The first kappa shape index (κ1) is 13.6. The molecule has 19 heavy (non-hydrogen) atoms. The van der Waals surface area contributed by atoms with Gasteiger partial charge in [0.25, 0.3) is 0 Å². The molecule has 0 spiro atoms. The zero-order valence-corrected chi connectivity index (χ0v) is 11.5. The number of carbonyl (C=O) groups excluding carboxylic acids is 1. The van der Waals surface area contributed by atoms with Crippen molar-refractivity contribution in [2.45, 2.75) is 20.0 Å². The molecule has 0 aromatic heterocycles. The van der Waals surface area contributed by atoms with Gasteiger partial charge in [-0.3, -0.25) is 4.79 Å². The van der Waals surface area contributed by atoms with Crippen molar-refractivity contribution in [2.24, 2.45) is 0 Å². The molecule has 0 fully saturated rings. The van der Waals surface area contributed by atoms with Crippen LogP contribution in [0.1, 0.15) is 16.7 Å². The monoisotopic (exact) mass is 274 g/mol. The third-order valence-electron chi connectivity index (χ3n) is 2.78. The van der Waals surface area contributed by atoms with Gasteiger partial charge in [0.1, 0.15) is 6.61 Å². The Hall–Kier alpha value is -1.80. The third-order valence-corrected chi connectivity index (χ3v) is 3.03. The highest BCUT2D eigenvalue weighted by molar-refractivity contribution is 6.30. The van der Waals surface area contributed by atoms with E-state index in [9.17, 15) is 4.79 Å². The van der Waals surface area contributed by atoms with Gasteiger partial charge in [-0.25, -0.2) is 0 Å². The number of benzene rings is 2. The lowest BCUT2D eigenvalue weighted by Gasteiger charge is -2.05. The molecule has 0 heterocycles. The number of halogens is 1. The minimum atomic E-state index is -0.233. The van der Waals surface area contributed by atoms with E-state index < -0.39 is 0 Å². The number of rotatable bonds is 4. The Morgan fingerprint density at radius 2 is 1.58 bits per heavy atom. The summed E-state index contributed by atoms with van der Waals surface area (Å²) >= 11 is 5.79. The normalized spacial score (nSPS) is 10.2. The summed E-state index contributed by atoms with van der Waals surface area (Å²) in [6.07, 6.45) is 0.267. The lowest BCUT2D eigenvalue weighted by Crippen LogP contribution is -2.07. The van der Waals surface area contributed by atoms with Crippen LogP contribution in [0, 0.1) is 6.92 Å². The average Bonchev–Trinajstić information content (AvgIpc) is 2.41. The van der Waals surface area contributed by atoms with Gasteiger partial charge in [0.05, 0.1) is 6.42 Å². The van der Waals surface area contributed by atoms with Crippen LogP contribution in [0.2, 0.25) is 5.02 Å². The summed E-state index contributed by atoms with van der Waals surface area (Å²) < 4.78 is 5.23. The molecule has 0 atom stereocenters. The van der Waals surface area contributed by atoms with Gasteiger partial charge >= 0.3 is 5.97 Å². The molecule has 2 nitrogen and oxygen atoms in total. The summed E-state index contributed by atoms with van der Waals surface area (Å²) in [5.41, 5.74) is 3.09. The Morgan fingerprint density at radius 1 is 1.00 bits per heavy atom. The lowest BCUT2D eigenvalue weighted by atomic mass is 10.1. The highest BCUT2D eigenvalue weighted by atomic mass is 35.5. The van der Waals surface area contributed by atoms with E-state index in [0.29, 0.717) is 11.6 Å². The maximum Gasteiger partial charge on any atom is 0.310 e. The minimum Gasteiger partial charge on any atom is -0.461 e. The van der Waals surface area contributed by atoms with Crippen LogP contribution in [0.3, 0.4) is 0 Å². The predicted octanol–water partition coefficient (Wildman–Crippen LogP) is 3.93. The van der Waals surface area contributed by atoms with Gasteiger partial charge in [0.15, 0.2) is 0 Å². The molecule has 0 radical (unpaired) electrons. The van der Waals surface area contributed by atoms with E-state index in [-0.39, 0.29) is 12.4 Å². The molecule has 3 heteroatoms. The van der Waals surface area contributed by atoms with Crippen LogP contribution in [0.4, 0.5) is 0 Å². The van der Waals surface area contributed by atoms with Crippen molar-refractivity contribution in [1.29, 1.82) is 0 Å². The van der Waals surface area contributed by atoms with E-state index in [1.807, 2.05) is 43.3 Å². The summed E-state index contributed by atoms with van der Waals surface area (Å²) in [6.45, 7) is 2.34. The second-order valence-corrected chi connectivity index (χ2v) is 4.89. The molecule has 0 aliphatic carbocycles. The quantitative estimate of drug-likeness (QED) is 0.790. The smallest absolute Gasteiger partial charge is 0.310 e. The van der Waals surface area contributed by atoms with Crippen molar-refractivity contribution in [3.05, 3.63) is 70.2 Å². The Labute approximate surface area is 118 Å². The van der Waals surface area contributed by atoms with Crippen LogP contribution in [0.5, 0.6) is 0 Å². The lowest BCUT2D eigenvalue weighted by molar-refractivity contribution is -0.144. The van der Waals surface area contributed by atoms with E-state index in [2.05, 4.69) is 0 Å². The van der Waals surface area contributed by atoms with Crippen LogP contribution in [0.25, 0.3) is 0 Å². The number of carbonyl (C=O) groups is 1. The Morgan fingerprint density at radius 3 is 2.21 bits per heavy atom. The van der Waals surface area contributed by atoms with Gasteiger partial charge in [0, 0.05) is 5.02 Å². The number of esters is 1. The summed E-state index contributed by atoms with van der Waals surface area (Å²) in [4.78, 5) is 11.7. The van der Waals surface area contributed by atoms with Crippen molar-refractivity contribution >= 4 is 17.6 Å². The highest BCUT2D eigenvalue weighted by Gasteiger charge is 2.05. The zero-order chi connectivity index (χ0) is 13.7. The van der Waals surface area contributed by atoms with Gasteiger partial charge in [-0.1, -0.05) is 53.6 Å². The molecule has 0 unspecified atom stereocenters. The van der Waals surface area contributed by atoms with Gasteiger partial charge in [0.2, 0.25) is 0 Å². The van der Waals surface area contributed by atoms with Crippen molar-refractivity contribution in [1.82, 2.24) is 0 Å². The SMILES string of the molecule is Cc1ccc(COC(=O)Cc2ccc(Cl)cc2)cc1. The maximum absolute atomic E-state index is 11.7. The molecule has 0 aliphatic heterocycles. The first-order valence-electron chi connectivity index (χ1n) is 6.09. The second kappa shape index (κ2) is 6.39.